The van der Waals surface area contributed by atoms with Gasteiger partial charge in [0.15, 0.2) is 5.82 Å². The fourth-order valence-corrected chi connectivity index (χ4v) is 1.34. The number of nitrogen functional groups attached to an aromatic ring is 1. The van der Waals surface area contributed by atoms with E-state index < -0.39 is 0 Å². The van der Waals surface area contributed by atoms with Crippen LogP contribution in [0, 0.1) is 0 Å². The molecule has 0 aliphatic rings. The van der Waals surface area contributed by atoms with Gasteiger partial charge in [-0.15, -0.1) is 0 Å². The van der Waals surface area contributed by atoms with Crippen LogP contribution in [0.1, 0.15) is 0 Å². The average molecular weight is 203 g/mol. The van der Waals surface area contributed by atoms with Crippen LogP contribution >= 0.6 is 23.2 Å². The summed E-state index contributed by atoms with van der Waals surface area (Å²) in [7, 11) is 0. The molecule has 6 heteroatoms. The van der Waals surface area contributed by atoms with E-state index in [0.717, 1.165) is 0 Å². The van der Waals surface area contributed by atoms with Crippen molar-refractivity contribution in [3.05, 3.63) is 16.5 Å². The highest BCUT2D eigenvalue weighted by atomic mass is 35.5. The number of hydrogen-bond acceptors (Lipinski definition) is 3. The Labute approximate surface area is 77.7 Å². The zero-order chi connectivity index (χ0) is 8.72. The summed E-state index contributed by atoms with van der Waals surface area (Å²) < 4.78 is 0. The molecule has 12 heavy (non-hydrogen) atoms. The van der Waals surface area contributed by atoms with E-state index in [1.807, 2.05) is 0 Å². The highest BCUT2D eigenvalue weighted by Crippen LogP contribution is 2.24. The number of halogens is 2. The normalized spacial score (nSPS) is 10.8. The van der Waals surface area contributed by atoms with Crippen molar-refractivity contribution in [2.75, 3.05) is 5.73 Å². The summed E-state index contributed by atoms with van der Waals surface area (Å²) in [5, 5.41) is 0.586. The first-order valence-corrected chi connectivity index (χ1v) is 3.89. The number of anilines is 1. The lowest BCUT2D eigenvalue weighted by atomic mass is 10.4. The Hall–Kier alpha value is -1.00. The first-order valence-electron chi connectivity index (χ1n) is 3.14. The number of aromatic nitrogens is 3. The SMILES string of the molecule is Nc1nc(Cl)nc2c(Cl)c[nH]c12. The Balaban J connectivity index is 2.92. The van der Waals surface area contributed by atoms with Crippen molar-refractivity contribution < 1.29 is 0 Å². The summed E-state index contributed by atoms with van der Waals surface area (Å²) >= 11 is 11.4. The zero-order valence-electron chi connectivity index (χ0n) is 5.81. The summed E-state index contributed by atoms with van der Waals surface area (Å²) in [6.45, 7) is 0. The van der Waals surface area contributed by atoms with Crippen molar-refractivity contribution in [2.45, 2.75) is 0 Å². The third kappa shape index (κ3) is 1.00. The highest BCUT2D eigenvalue weighted by molar-refractivity contribution is 6.36. The second-order valence-corrected chi connectivity index (χ2v) is 2.98. The van der Waals surface area contributed by atoms with Crippen LogP contribution in [0.5, 0.6) is 0 Å². The molecular weight excluding hydrogens is 199 g/mol. The number of H-pyrrole nitrogens is 1. The van der Waals surface area contributed by atoms with Crippen LogP contribution in [0.3, 0.4) is 0 Å². The van der Waals surface area contributed by atoms with E-state index in [1.54, 1.807) is 6.20 Å². The van der Waals surface area contributed by atoms with Crippen molar-refractivity contribution in [3.63, 3.8) is 0 Å². The van der Waals surface area contributed by atoms with Gasteiger partial charge in [-0.25, -0.2) is 4.98 Å². The van der Waals surface area contributed by atoms with Crippen molar-refractivity contribution in [1.29, 1.82) is 0 Å². The standard InChI is InChI=1S/C6H4Cl2N4/c7-2-1-10-4-3(2)11-6(8)12-5(4)9/h1,10H,(H2,9,11,12). The van der Waals surface area contributed by atoms with Gasteiger partial charge in [0.25, 0.3) is 0 Å². The van der Waals surface area contributed by atoms with Gasteiger partial charge in [-0.2, -0.15) is 4.98 Å². The van der Waals surface area contributed by atoms with Gasteiger partial charge < -0.3 is 10.7 Å². The molecule has 2 heterocycles. The van der Waals surface area contributed by atoms with Crippen LogP contribution in [0.25, 0.3) is 11.0 Å². The van der Waals surface area contributed by atoms with E-state index in [9.17, 15) is 0 Å². The molecule has 2 rings (SSSR count). The smallest absolute Gasteiger partial charge is 0.225 e. The first-order chi connectivity index (χ1) is 5.68. The molecule has 3 N–H and O–H groups in total. The van der Waals surface area contributed by atoms with Gasteiger partial charge in [0.05, 0.1) is 5.02 Å². The van der Waals surface area contributed by atoms with E-state index in [0.29, 0.717) is 21.9 Å². The van der Waals surface area contributed by atoms with Crippen molar-refractivity contribution in [2.24, 2.45) is 0 Å². The summed E-state index contributed by atoms with van der Waals surface area (Å²) in [6, 6.07) is 0. The van der Waals surface area contributed by atoms with Gasteiger partial charge in [-0.3, -0.25) is 0 Å². The average Bonchev–Trinajstić information content (AvgIpc) is 2.33. The van der Waals surface area contributed by atoms with Crippen LogP contribution in [0.4, 0.5) is 5.82 Å². The molecule has 0 bridgehead atoms. The molecule has 62 valence electrons. The third-order valence-electron chi connectivity index (χ3n) is 1.48. The fourth-order valence-electron chi connectivity index (χ4n) is 0.969. The third-order valence-corrected chi connectivity index (χ3v) is 1.94. The Bertz CT molecular complexity index is 436. The van der Waals surface area contributed by atoms with Crippen LogP contribution < -0.4 is 5.73 Å². The molecule has 0 radical (unpaired) electrons. The van der Waals surface area contributed by atoms with E-state index >= 15 is 0 Å². The Morgan fingerprint density at radius 3 is 2.83 bits per heavy atom. The number of hydrogen-bond donors (Lipinski definition) is 2. The second kappa shape index (κ2) is 2.50. The van der Waals surface area contributed by atoms with Crippen LogP contribution in [-0.4, -0.2) is 15.0 Å². The molecule has 0 aliphatic heterocycles. The fraction of sp³-hybridized carbons (Fsp3) is 0. The molecule has 0 saturated carbocycles. The zero-order valence-corrected chi connectivity index (χ0v) is 7.32. The van der Waals surface area contributed by atoms with E-state index in [-0.39, 0.29) is 5.28 Å². The minimum absolute atomic E-state index is 0.0986. The van der Waals surface area contributed by atoms with Crippen LogP contribution in [0.15, 0.2) is 6.20 Å². The number of fused-ring (bicyclic) bond motifs is 1. The molecule has 0 atom stereocenters. The summed E-state index contributed by atoms with van der Waals surface area (Å²) in [5.74, 6) is 0.303. The van der Waals surface area contributed by atoms with Crippen molar-refractivity contribution >= 4 is 40.1 Å². The molecule has 0 aliphatic carbocycles. The molecule has 0 spiro atoms. The lowest BCUT2D eigenvalue weighted by Crippen LogP contribution is -1.93. The molecule has 2 aromatic rings. The Morgan fingerprint density at radius 2 is 2.08 bits per heavy atom. The van der Waals surface area contributed by atoms with Gasteiger partial charge >= 0.3 is 0 Å². The molecule has 0 saturated heterocycles. The molecule has 0 fully saturated rings. The van der Waals surface area contributed by atoms with E-state index in [2.05, 4.69) is 15.0 Å². The van der Waals surface area contributed by atoms with E-state index in [4.69, 9.17) is 28.9 Å². The maximum atomic E-state index is 5.78. The van der Waals surface area contributed by atoms with Crippen LogP contribution in [-0.2, 0) is 0 Å². The molecule has 0 aromatic carbocycles. The predicted octanol–water partition coefficient (Wildman–Crippen LogP) is 1.85. The van der Waals surface area contributed by atoms with Crippen LogP contribution in [0.2, 0.25) is 10.3 Å². The predicted molar refractivity (Wildman–Crippen MR) is 48.3 cm³/mol. The van der Waals surface area contributed by atoms with Crippen molar-refractivity contribution in [1.82, 2.24) is 15.0 Å². The molecule has 0 amide bonds. The monoisotopic (exact) mass is 202 g/mol. The number of nitrogens with two attached hydrogens (primary N) is 1. The second-order valence-electron chi connectivity index (χ2n) is 2.24. The molecular formula is C6H4Cl2N4. The first kappa shape index (κ1) is 7.64. The van der Waals surface area contributed by atoms with Crippen molar-refractivity contribution in [3.8, 4) is 0 Å². The lowest BCUT2D eigenvalue weighted by molar-refractivity contribution is 1.22. The van der Waals surface area contributed by atoms with Gasteiger partial charge in [0, 0.05) is 6.20 Å². The molecule has 4 nitrogen and oxygen atoms in total. The largest absolute Gasteiger partial charge is 0.382 e. The minimum Gasteiger partial charge on any atom is -0.382 e. The Kier molecular flexibility index (Phi) is 1.59. The summed E-state index contributed by atoms with van der Waals surface area (Å²) in [5.41, 5.74) is 6.71. The number of nitrogens with one attached hydrogen (secondary N) is 1. The lowest BCUT2D eigenvalue weighted by Gasteiger charge is -1.94. The molecule has 0 unspecified atom stereocenters. The molecule has 2 aromatic heterocycles. The van der Waals surface area contributed by atoms with Gasteiger partial charge in [0.2, 0.25) is 5.28 Å². The Morgan fingerprint density at radius 1 is 1.33 bits per heavy atom. The number of aromatic amines is 1. The maximum Gasteiger partial charge on any atom is 0.225 e. The minimum atomic E-state index is 0.0986. The summed E-state index contributed by atoms with van der Waals surface area (Å²) in [4.78, 5) is 10.5. The maximum absolute atomic E-state index is 5.78. The number of nitrogens with zero attached hydrogens (tertiary/aromatic N) is 2. The number of rotatable bonds is 0. The highest BCUT2D eigenvalue weighted by Gasteiger charge is 2.07. The quantitative estimate of drug-likeness (QED) is 0.642. The van der Waals surface area contributed by atoms with Gasteiger partial charge in [0.1, 0.15) is 11.0 Å². The van der Waals surface area contributed by atoms with Gasteiger partial charge in [-0.1, -0.05) is 11.6 Å². The van der Waals surface area contributed by atoms with E-state index in [1.165, 1.54) is 0 Å². The van der Waals surface area contributed by atoms with Gasteiger partial charge in [-0.05, 0) is 11.6 Å². The summed E-state index contributed by atoms with van der Waals surface area (Å²) in [6.07, 6.45) is 1.59. The topological polar surface area (TPSA) is 67.6 Å².